The van der Waals surface area contributed by atoms with Gasteiger partial charge in [-0.25, -0.2) is 0 Å². The Morgan fingerprint density at radius 1 is 1.36 bits per heavy atom. The van der Waals surface area contributed by atoms with Crippen molar-refractivity contribution in [1.29, 1.82) is 0 Å². The lowest BCUT2D eigenvalue weighted by molar-refractivity contribution is 0.425. The molecule has 1 aromatic carbocycles. The van der Waals surface area contributed by atoms with Gasteiger partial charge in [-0.1, -0.05) is 26.0 Å². The first-order valence-electron chi connectivity index (χ1n) is 4.68. The second-order valence-corrected chi connectivity index (χ2v) is 4.74. The SMILES string of the molecule is CC(C)CSc1cccc(B(O)O)c1. The van der Waals surface area contributed by atoms with Gasteiger partial charge in [0, 0.05) is 10.6 Å². The number of benzene rings is 1. The minimum Gasteiger partial charge on any atom is -0.423 e. The van der Waals surface area contributed by atoms with E-state index in [0.29, 0.717) is 11.4 Å². The quantitative estimate of drug-likeness (QED) is 0.577. The van der Waals surface area contributed by atoms with Crippen LogP contribution in [0, 0.1) is 5.92 Å². The highest BCUT2D eigenvalue weighted by Crippen LogP contribution is 2.19. The first-order chi connectivity index (χ1) is 6.59. The average molecular weight is 210 g/mol. The molecule has 76 valence electrons. The van der Waals surface area contributed by atoms with Crippen molar-refractivity contribution in [3.63, 3.8) is 0 Å². The molecular weight excluding hydrogens is 195 g/mol. The molecule has 1 rings (SSSR count). The molecule has 0 atom stereocenters. The van der Waals surface area contributed by atoms with Crippen LogP contribution >= 0.6 is 11.8 Å². The molecule has 0 aromatic heterocycles. The summed E-state index contributed by atoms with van der Waals surface area (Å²) in [5.74, 6) is 1.69. The number of hydrogen-bond donors (Lipinski definition) is 2. The summed E-state index contributed by atoms with van der Waals surface area (Å²) in [6.07, 6.45) is 0. The summed E-state index contributed by atoms with van der Waals surface area (Å²) in [6, 6.07) is 7.36. The Kier molecular flexibility index (Phi) is 4.52. The van der Waals surface area contributed by atoms with Crippen molar-refractivity contribution in [2.75, 3.05) is 5.75 Å². The van der Waals surface area contributed by atoms with Gasteiger partial charge in [-0.05, 0) is 23.5 Å². The Morgan fingerprint density at radius 3 is 2.64 bits per heavy atom. The summed E-state index contributed by atoms with van der Waals surface area (Å²) in [4.78, 5) is 1.09. The summed E-state index contributed by atoms with van der Waals surface area (Å²) in [5, 5.41) is 17.9. The topological polar surface area (TPSA) is 40.5 Å². The molecule has 0 spiro atoms. The zero-order chi connectivity index (χ0) is 10.6. The minimum atomic E-state index is -1.37. The first kappa shape index (κ1) is 11.6. The largest absolute Gasteiger partial charge is 0.488 e. The van der Waals surface area contributed by atoms with E-state index in [1.165, 1.54) is 0 Å². The third kappa shape index (κ3) is 3.74. The lowest BCUT2D eigenvalue weighted by Gasteiger charge is -2.06. The van der Waals surface area contributed by atoms with Crippen LogP contribution in [0.1, 0.15) is 13.8 Å². The maximum atomic E-state index is 8.97. The van der Waals surface area contributed by atoms with E-state index in [1.807, 2.05) is 18.2 Å². The molecule has 4 heteroatoms. The van der Waals surface area contributed by atoms with E-state index in [1.54, 1.807) is 17.8 Å². The molecule has 0 aliphatic heterocycles. The second kappa shape index (κ2) is 5.44. The third-order valence-corrected chi connectivity index (χ3v) is 3.16. The van der Waals surface area contributed by atoms with Gasteiger partial charge in [0.15, 0.2) is 0 Å². The predicted octanol–water partition coefficient (Wildman–Crippen LogP) is 1.11. The van der Waals surface area contributed by atoms with Gasteiger partial charge in [-0.3, -0.25) is 0 Å². The van der Waals surface area contributed by atoms with Gasteiger partial charge in [0.25, 0.3) is 0 Å². The number of rotatable bonds is 4. The molecule has 0 radical (unpaired) electrons. The lowest BCUT2D eigenvalue weighted by atomic mass is 9.80. The van der Waals surface area contributed by atoms with Crippen LogP contribution in [-0.2, 0) is 0 Å². The Labute approximate surface area is 89.5 Å². The van der Waals surface area contributed by atoms with Crippen molar-refractivity contribution in [2.24, 2.45) is 5.92 Å². The molecule has 1 aromatic rings. The van der Waals surface area contributed by atoms with Crippen molar-refractivity contribution in [1.82, 2.24) is 0 Å². The van der Waals surface area contributed by atoms with Gasteiger partial charge < -0.3 is 10.0 Å². The van der Waals surface area contributed by atoms with Crippen molar-refractivity contribution in [3.05, 3.63) is 24.3 Å². The van der Waals surface area contributed by atoms with Gasteiger partial charge in [0.2, 0.25) is 0 Å². The van der Waals surface area contributed by atoms with Crippen LogP contribution < -0.4 is 5.46 Å². The van der Waals surface area contributed by atoms with E-state index >= 15 is 0 Å². The first-order valence-corrected chi connectivity index (χ1v) is 5.67. The smallest absolute Gasteiger partial charge is 0.423 e. The zero-order valence-corrected chi connectivity index (χ0v) is 9.29. The van der Waals surface area contributed by atoms with Crippen LogP contribution in [0.3, 0.4) is 0 Å². The highest BCUT2D eigenvalue weighted by atomic mass is 32.2. The van der Waals surface area contributed by atoms with E-state index in [-0.39, 0.29) is 0 Å². The van der Waals surface area contributed by atoms with E-state index < -0.39 is 7.12 Å². The van der Waals surface area contributed by atoms with Crippen molar-refractivity contribution >= 4 is 24.3 Å². The van der Waals surface area contributed by atoms with E-state index in [0.717, 1.165) is 10.6 Å². The number of thioether (sulfide) groups is 1. The molecule has 0 amide bonds. The molecule has 14 heavy (non-hydrogen) atoms. The van der Waals surface area contributed by atoms with Crippen molar-refractivity contribution < 1.29 is 10.0 Å². The highest BCUT2D eigenvalue weighted by molar-refractivity contribution is 7.99. The van der Waals surface area contributed by atoms with Gasteiger partial charge >= 0.3 is 7.12 Å². The summed E-state index contributed by atoms with van der Waals surface area (Å²) in [5.41, 5.74) is 0.554. The number of hydrogen-bond acceptors (Lipinski definition) is 3. The van der Waals surface area contributed by atoms with Crippen LogP contribution in [0.5, 0.6) is 0 Å². The van der Waals surface area contributed by atoms with Gasteiger partial charge in [0.05, 0.1) is 0 Å². The zero-order valence-electron chi connectivity index (χ0n) is 8.47. The normalized spacial score (nSPS) is 10.6. The van der Waals surface area contributed by atoms with Crippen LogP contribution in [0.15, 0.2) is 29.2 Å². The maximum Gasteiger partial charge on any atom is 0.488 e. The van der Waals surface area contributed by atoms with Gasteiger partial charge in [-0.2, -0.15) is 0 Å². The van der Waals surface area contributed by atoms with E-state index in [9.17, 15) is 0 Å². The fraction of sp³-hybridized carbons (Fsp3) is 0.400. The molecule has 2 N–H and O–H groups in total. The fourth-order valence-electron chi connectivity index (χ4n) is 1.03. The molecule has 0 saturated heterocycles. The molecule has 0 unspecified atom stereocenters. The Balaban J connectivity index is 2.64. The fourth-order valence-corrected chi connectivity index (χ4v) is 1.95. The molecule has 0 bridgehead atoms. The Hall–Kier alpha value is -0.445. The Bertz CT molecular complexity index is 289. The minimum absolute atomic E-state index is 0.554. The van der Waals surface area contributed by atoms with Crippen LogP contribution in [0.25, 0.3) is 0 Å². The Morgan fingerprint density at radius 2 is 2.07 bits per heavy atom. The molecular formula is C10H15BO2S. The third-order valence-electron chi connectivity index (χ3n) is 1.74. The van der Waals surface area contributed by atoms with Crippen LogP contribution in [0.2, 0.25) is 0 Å². The molecule has 0 heterocycles. The van der Waals surface area contributed by atoms with Crippen LogP contribution in [0.4, 0.5) is 0 Å². The standard InChI is InChI=1S/C10H15BO2S/c1-8(2)7-14-10-5-3-4-9(6-10)11(12)13/h3-6,8,12-13H,7H2,1-2H3. The van der Waals surface area contributed by atoms with E-state index in [4.69, 9.17) is 10.0 Å². The molecule has 0 saturated carbocycles. The van der Waals surface area contributed by atoms with E-state index in [2.05, 4.69) is 13.8 Å². The van der Waals surface area contributed by atoms with Gasteiger partial charge in [0.1, 0.15) is 0 Å². The summed E-state index contributed by atoms with van der Waals surface area (Å²) in [7, 11) is -1.37. The summed E-state index contributed by atoms with van der Waals surface area (Å²) < 4.78 is 0. The van der Waals surface area contributed by atoms with Crippen molar-refractivity contribution in [3.8, 4) is 0 Å². The summed E-state index contributed by atoms with van der Waals surface area (Å²) >= 11 is 1.74. The molecule has 0 aliphatic carbocycles. The summed E-state index contributed by atoms with van der Waals surface area (Å²) in [6.45, 7) is 4.33. The predicted molar refractivity (Wildman–Crippen MR) is 61.8 cm³/mol. The monoisotopic (exact) mass is 210 g/mol. The second-order valence-electron chi connectivity index (χ2n) is 3.65. The lowest BCUT2D eigenvalue weighted by Crippen LogP contribution is -2.29. The maximum absolute atomic E-state index is 8.97. The molecule has 0 fully saturated rings. The molecule has 2 nitrogen and oxygen atoms in total. The highest BCUT2D eigenvalue weighted by Gasteiger charge is 2.10. The average Bonchev–Trinajstić information content (AvgIpc) is 2.15. The van der Waals surface area contributed by atoms with Gasteiger partial charge in [-0.15, -0.1) is 11.8 Å². The van der Waals surface area contributed by atoms with Crippen LogP contribution in [-0.4, -0.2) is 22.9 Å². The molecule has 0 aliphatic rings. The van der Waals surface area contributed by atoms with Crippen molar-refractivity contribution in [2.45, 2.75) is 18.7 Å².